The highest BCUT2D eigenvalue weighted by Crippen LogP contribution is 2.07. The highest BCUT2D eigenvalue weighted by molar-refractivity contribution is 5.35. The van der Waals surface area contributed by atoms with E-state index >= 15 is 0 Å². The summed E-state index contributed by atoms with van der Waals surface area (Å²) in [4.78, 5) is 4.07. The monoisotopic (exact) mass is 219 g/mol. The molecule has 16 heavy (non-hydrogen) atoms. The lowest BCUT2D eigenvalue weighted by atomic mass is 10.2. The number of ether oxygens (including phenoxy) is 1. The Morgan fingerprint density at radius 3 is 3.38 bits per heavy atom. The number of aromatic nitrogens is 4. The maximum atomic E-state index is 5.64. The van der Waals surface area contributed by atoms with Crippen molar-refractivity contribution < 1.29 is 4.74 Å². The van der Waals surface area contributed by atoms with E-state index in [1.54, 1.807) is 12.5 Å². The minimum Gasteiger partial charge on any atom is -0.375 e. The molecule has 0 aliphatic carbocycles. The van der Waals surface area contributed by atoms with Gasteiger partial charge < -0.3 is 10.1 Å². The van der Waals surface area contributed by atoms with E-state index in [1.165, 1.54) is 0 Å². The van der Waals surface area contributed by atoms with Crippen LogP contribution in [0.3, 0.4) is 0 Å². The van der Waals surface area contributed by atoms with Crippen LogP contribution in [-0.4, -0.2) is 45.4 Å². The van der Waals surface area contributed by atoms with Gasteiger partial charge in [-0.2, -0.15) is 0 Å². The average molecular weight is 219 g/mol. The normalized spacial score (nSPS) is 21.4. The molecule has 6 heteroatoms. The fourth-order valence-corrected chi connectivity index (χ4v) is 1.89. The molecule has 0 radical (unpaired) electrons. The van der Waals surface area contributed by atoms with E-state index in [2.05, 4.69) is 20.5 Å². The van der Waals surface area contributed by atoms with Crippen molar-refractivity contribution in [3.05, 3.63) is 24.4 Å². The van der Waals surface area contributed by atoms with Gasteiger partial charge in [-0.1, -0.05) is 0 Å². The van der Waals surface area contributed by atoms with Crippen molar-refractivity contribution in [1.29, 1.82) is 0 Å². The topological polar surface area (TPSA) is 64.3 Å². The fourth-order valence-electron chi connectivity index (χ4n) is 1.89. The van der Waals surface area contributed by atoms with Crippen molar-refractivity contribution >= 4 is 5.65 Å². The number of hydrogen-bond donors (Lipinski definition) is 1. The van der Waals surface area contributed by atoms with Crippen molar-refractivity contribution in [3.8, 4) is 0 Å². The predicted molar refractivity (Wildman–Crippen MR) is 57.1 cm³/mol. The highest BCUT2D eigenvalue weighted by atomic mass is 16.5. The molecule has 6 nitrogen and oxygen atoms in total. The van der Waals surface area contributed by atoms with Crippen LogP contribution in [0.5, 0.6) is 0 Å². The highest BCUT2D eigenvalue weighted by Gasteiger charge is 2.17. The maximum absolute atomic E-state index is 5.64. The van der Waals surface area contributed by atoms with Crippen LogP contribution in [0, 0.1) is 0 Å². The average Bonchev–Trinajstić information content (AvgIpc) is 2.74. The molecule has 0 bridgehead atoms. The lowest BCUT2D eigenvalue weighted by molar-refractivity contribution is 0.0279. The number of nitrogens with one attached hydrogen (secondary N) is 1. The first kappa shape index (κ1) is 9.68. The molecule has 84 valence electrons. The Morgan fingerprint density at radius 2 is 2.50 bits per heavy atom. The molecule has 3 rings (SSSR count). The van der Waals surface area contributed by atoms with Gasteiger partial charge in [-0.05, 0) is 0 Å². The van der Waals surface area contributed by atoms with Gasteiger partial charge in [0.2, 0.25) is 0 Å². The van der Waals surface area contributed by atoms with Gasteiger partial charge in [-0.25, -0.2) is 4.98 Å². The third kappa shape index (κ3) is 1.77. The Balaban J connectivity index is 1.83. The molecule has 0 spiro atoms. The minimum atomic E-state index is 0.182. The van der Waals surface area contributed by atoms with Crippen LogP contribution in [0.15, 0.2) is 18.6 Å². The molecule has 1 saturated heterocycles. The summed E-state index contributed by atoms with van der Waals surface area (Å²) in [6.45, 7) is 2.56. The number of morpholine rings is 1. The summed E-state index contributed by atoms with van der Waals surface area (Å²) >= 11 is 0. The summed E-state index contributed by atoms with van der Waals surface area (Å²) < 4.78 is 7.54. The van der Waals surface area contributed by atoms with Crippen LogP contribution < -0.4 is 5.32 Å². The van der Waals surface area contributed by atoms with Crippen molar-refractivity contribution in [3.63, 3.8) is 0 Å². The van der Waals surface area contributed by atoms with Gasteiger partial charge in [0.25, 0.3) is 0 Å². The summed E-state index contributed by atoms with van der Waals surface area (Å²) in [6.07, 6.45) is 4.40. The van der Waals surface area contributed by atoms with Crippen LogP contribution in [0.25, 0.3) is 5.65 Å². The van der Waals surface area contributed by atoms with E-state index in [0.717, 1.165) is 37.6 Å². The predicted octanol–water partition coefficient (Wildman–Crippen LogP) is -0.345. The summed E-state index contributed by atoms with van der Waals surface area (Å²) in [5.74, 6) is 0.900. The largest absolute Gasteiger partial charge is 0.375 e. The molecule has 0 saturated carbocycles. The van der Waals surface area contributed by atoms with E-state index in [1.807, 2.05) is 10.5 Å². The van der Waals surface area contributed by atoms with E-state index in [-0.39, 0.29) is 6.10 Å². The zero-order valence-corrected chi connectivity index (χ0v) is 8.83. The molecule has 1 aliphatic heterocycles. The third-order valence-corrected chi connectivity index (χ3v) is 2.70. The molecule has 2 aromatic rings. The van der Waals surface area contributed by atoms with E-state index in [9.17, 15) is 0 Å². The van der Waals surface area contributed by atoms with Crippen LogP contribution in [-0.2, 0) is 11.2 Å². The molecule has 1 unspecified atom stereocenters. The number of fused-ring (bicyclic) bond motifs is 1. The van der Waals surface area contributed by atoms with Crippen LogP contribution >= 0.6 is 0 Å². The Bertz CT molecular complexity index is 477. The Morgan fingerprint density at radius 1 is 1.50 bits per heavy atom. The molecule has 1 atom stereocenters. The van der Waals surface area contributed by atoms with Crippen molar-refractivity contribution in [1.82, 2.24) is 24.9 Å². The Hall–Kier alpha value is -1.53. The molecule has 2 aromatic heterocycles. The molecule has 1 N–H and O–H groups in total. The summed E-state index contributed by atoms with van der Waals surface area (Å²) in [5, 5.41) is 11.5. The second-order valence-corrected chi connectivity index (χ2v) is 3.83. The second kappa shape index (κ2) is 4.15. The quantitative estimate of drug-likeness (QED) is 0.748. The zero-order valence-electron chi connectivity index (χ0n) is 8.83. The zero-order chi connectivity index (χ0) is 10.8. The SMILES string of the molecule is c1cc2nnc(CC3CNCCO3)n2cn1. The first-order valence-corrected chi connectivity index (χ1v) is 5.39. The fraction of sp³-hybridized carbons (Fsp3) is 0.500. The molecule has 0 amide bonds. The van der Waals surface area contributed by atoms with Crippen LogP contribution in [0.2, 0.25) is 0 Å². The number of nitrogens with zero attached hydrogens (tertiary/aromatic N) is 4. The summed E-state index contributed by atoms with van der Waals surface area (Å²) in [5.41, 5.74) is 0.828. The summed E-state index contributed by atoms with van der Waals surface area (Å²) in [6, 6.07) is 1.84. The van der Waals surface area contributed by atoms with Gasteiger partial charge in [0.15, 0.2) is 5.65 Å². The molecule has 1 fully saturated rings. The molecule has 0 aromatic carbocycles. The third-order valence-electron chi connectivity index (χ3n) is 2.70. The first-order chi connectivity index (χ1) is 7.93. The smallest absolute Gasteiger partial charge is 0.163 e. The van der Waals surface area contributed by atoms with Crippen molar-refractivity contribution in [2.45, 2.75) is 12.5 Å². The van der Waals surface area contributed by atoms with Gasteiger partial charge in [0.05, 0.1) is 12.7 Å². The van der Waals surface area contributed by atoms with Crippen molar-refractivity contribution in [2.24, 2.45) is 0 Å². The maximum Gasteiger partial charge on any atom is 0.163 e. The van der Waals surface area contributed by atoms with Crippen molar-refractivity contribution in [2.75, 3.05) is 19.7 Å². The second-order valence-electron chi connectivity index (χ2n) is 3.83. The van der Waals surface area contributed by atoms with Gasteiger partial charge in [-0.15, -0.1) is 10.2 Å². The summed E-state index contributed by atoms with van der Waals surface area (Å²) in [7, 11) is 0. The Labute approximate surface area is 92.7 Å². The molecule has 1 aliphatic rings. The molecule has 3 heterocycles. The van der Waals surface area contributed by atoms with Gasteiger partial charge in [0, 0.05) is 31.8 Å². The van der Waals surface area contributed by atoms with Gasteiger partial charge in [0.1, 0.15) is 12.2 Å². The molecular weight excluding hydrogens is 206 g/mol. The van der Waals surface area contributed by atoms with E-state index in [0.29, 0.717) is 0 Å². The van der Waals surface area contributed by atoms with E-state index < -0.39 is 0 Å². The standard InChI is InChI=1S/C10H13N5O/c1-2-12-7-15-9(1)13-14-10(15)5-8-6-11-3-4-16-8/h1-2,7-8,11H,3-6H2. The Kier molecular flexibility index (Phi) is 2.51. The van der Waals surface area contributed by atoms with Gasteiger partial charge in [-0.3, -0.25) is 4.40 Å². The number of rotatable bonds is 2. The lowest BCUT2D eigenvalue weighted by Crippen LogP contribution is -2.39. The van der Waals surface area contributed by atoms with Crippen LogP contribution in [0.4, 0.5) is 0 Å². The lowest BCUT2D eigenvalue weighted by Gasteiger charge is -2.22. The molecular formula is C10H13N5O. The number of hydrogen-bond acceptors (Lipinski definition) is 5. The first-order valence-electron chi connectivity index (χ1n) is 5.39. The minimum absolute atomic E-state index is 0.182. The van der Waals surface area contributed by atoms with Crippen LogP contribution in [0.1, 0.15) is 5.82 Å². The van der Waals surface area contributed by atoms with E-state index in [4.69, 9.17) is 4.74 Å². The van der Waals surface area contributed by atoms with Gasteiger partial charge >= 0.3 is 0 Å².